The van der Waals surface area contributed by atoms with Crippen LogP contribution >= 0.6 is 0 Å². The molecule has 1 rings (SSSR count). The lowest BCUT2D eigenvalue weighted by molar-refractivity contribution is 0.414. The van der Waals surface area contributed by atoms with E-state index in [1.54, 1.807) is 7.11 Å². The van der Waals surface area contributed by atoms with Crippen molar-refractivity contribution in [3.05, 3.63) is 29.8 Å². The van der Waals surface area contributed by atoms with Gasteiger partial charge in [-0.25, -0.2) is 0 Å². The summed E-state index contributed by atoms with van der Waals surface area (Å²) >= 11 is 0. The van der Waals surface area contributed by atoms with E-state index in [-0.39, 0.29) is 0 Å². The van der Waals surface area contributed by atoms with E-state index in [0.29, 0.717) is 0 Å². The first-order valence-corrected chi connectivity index (χ1v) is 5.68. The molecule has 0 amide bonds. The van der Waals surface area contributed by atoms with E-state index < -0.39 is 0 Å². The maximum atomic E-state index is 5.72. The predicted octanol–water partition coefficient (Wildman–Crippen LogP) is 2.40. The lowest BCUT2D eigenvalue weighted by atomic mass is 10.1. The zero-order chi connectivity index (χ0) is 11.8. The molecule has 0 heterocycles. The van der Waals surface area contributed by atoms with Gasteiger partial charge in [0.25, 0.3) is 0 Å². The average Bonchev–Trinajstić information content (AvgIpc) is 2.30. The van der Waals surface area contributed by atoms with Gasteiger partial charge in [0.15, 0.2) is 0 Å². The standard InChI is InChI=1S/C13H20N2O/c1-3-4-13(14)15-10-9-11-5-7-12(16-2)8-6-11/h5-8H,3-4,9-10H2,1-2H3,(H2,14,15). The fraction of sp³-hybridized carbons (Fsp3) is 0.462. The van der Waals surface area contributed by atoms with Gasteiger partial charge in [0, 0.05) is 13.0 Å². The molecule has 1 aromatic rings. The number of hydrogen-bond acceptors (Lipinski definition) is 2. The Kier molecular flexibility index (Phi) is 5.40. The monoisotopic (exact) mass is 220 g/mol. The van der Waals surface area contributed by atoms with Crippen LogP contribution in [0.15, 0.2) is 29.3 Å². The highest BCUT2D eigenvalue weighted by molar-refractivity contribution is 5.80. The zero-order valence-electron chi connectivity index (χ0n) is 10.1. The van der Waals surface area contributed by atoms with Crippen LogP contribution < -0.4 is 10.5 Å². The van der Waals surface area contributed by atoms with Crippen LogP contribution in [0, 0.1) is 0 Å². The Morgan fingerprint density at radius 2 is 2.00 bits per heavy atom. The molecule has 0 spiro atoms. The van der Waals surface area contributed by atoms with Gasteiger partial charge in [-0.05, 0) is 30.5 Å². The van der Waals surface area contributed by atoms with Crippen LogP contribution in [0.3, 0.4) is 0 Å². The summed E-state index contributed by atoms with van der Waals surface area (Å²) in [6.45, 7) is 2.87. The molecule has 0 aliphatic rings. The summed E-state index contributed by atoms with van der Waals surface area (Å²) in [5, 5.41) is 0. The molecular weight excluding hydrogens is 200 g/mol. The van der Waals surface area contributed by atoms with E-state index >= 15 is 0 Å². The summed E-state index contributed by atoms with van der Waals surface area (Å²) in [7, 11) is 1.67. The number of aliphatic imine (C=N–C) groups is 1. The minimum Gasteiger partial charge on any atom is -0.497 e. The second-order valence-electron chi connectivity index (χ2n) is 3.72. The van der Waals surface area contributed by atoms with Crippen LogP contribution in [0.1, 0.15) is 25.3 Å². The fourth-order valence-electron chi connectivity index (χ4n) is 1.46. The van der Waals surface area contributed by atoms with Gasteiger partial charge in [0.1, 0.15) is 5.75 Å². The van der Waals surface area contributed by atoms with Gasteiger partial charge < -0.3 is 10.5 Å². The first-order chi connectivity index (χ1) is 7.76. The first kappa shape index (κ1) is 12.6. The Morgan fingerprint density at radius 1 is 1.31 bits per heavy atom. The van der Waals surface area contributed by atoms with Gasteiger partial charge in [0.05, 0.1) is 12.9 Å². The maximum absolute atomic E-state index is 5.72. The summed E-state index contributed by atoms with van der Waals surface area (Å²) in [4.78, 5) is 4.31. The molecule has 1 aromatic carbocycles. The van der Waals surface area contributed by atoms with Crippen molar-refractivity contribution in [2.24, 2.45) is 10.7 Å². The highest BCUT2D eigenvalue weighted by Crippen LogP contribution is 2.11. The Bertz CT molecular complexity index is 330. The predicted molar refractivity (Wildman–Crippen MR) is 68.1 cm³/mol. The molecular formula is C13H20N2O. The van der Waals surface area contributed by atoms with Gasteiger partial charge >= 0.3 is 0 Å². The summed E-state index contributed by atoms with van der Waals surface area (Å²) in [6.07, 6.45) is 2.87. The Balaban J connectivity index is 2.39. The third-order valence-electron chi connectivity index (χ3n) is 2.38. The van der Waals surface area contributed by atoms with Gasteiger partial charge in [-0.2, -0.15) is 0 Å². The minimum absolute atomic E-state index is 0.760. The lowest BCUT2D eigenvalue weighted by Crippen LogP contribution is -2.11. The highest BCUT2D eigenvalue weighted by atomic mass is 16.5. The molecule has 2 N–H and O–H groups in total. The van der Waals surface area contributed by atoms with Crippen molar-refractivity contribution in [1.82, 2.24) is 0 Å². The second kappa shape index (κ2) is 6.88. The minimum atomic E-state index is 0.760. The number of nitrogens with zero attached hydrogens (tertiary/aromatic N) is 1. The van der Waals surface area contributed by atoms with Crippen molar-refractivity contribution in [2.45, 2.75) is 26.2 Å². The van der Waals surface area contributed by atoms with E-state index in [0.717, 1.165) is 37.4 Å². The second-order valence-corrected chi connectivity index (χ2v) is 3.72. The number of ether oxygens (including phenoxy) is 1. The molecule has 0 saturated carbocycles. The van der Waals surface area contributed by atoms with Crippen molar-refractivity contribution < 1.29 is 4.74 Å². The molecule has 3 nitrogen and oxygen atoms in total. The smallest absolute Gasteiger partial charge is 0.118 e. The van der Waals surface area contributed by atoms with Crippen LogP contribution in [0.4, 0.5) is 0 Å². The molecule has 0 atom stereocenters. The maximum Gasteiger partial charge on any atom is 0.118 e. The topological polar surface area (TPSA) is 47.6 Å². The SMILES string of the molecule is CCCC(N)=NCCc1ccc(OC)cc1. The van der Waals surface area contributed by atoms with E-state index in [9.17, 15) is 0 Å². The Hall–Kier alpha value is -1.51. The quantitative estimate of drug-likeness (QED) is 0.591. The number of methoxy groups -OCH3 is 1. The van der Waals surface area contributed by atoms with Crippen LogP contribution in [0.2, 0.25) is 0 Å². The van der Waals surface area contributed by atoms with Crippen molar-refractivity contribution in [2.75, 3.05) is 13.7 Å². The van der Waals surface area contributed by atoms with Gasteiger partial charge in [0.2, 0.25) is 0 Å². The molecule has 3 heteroatoms. The third kappa shape index (κ3) is 4.34. The summed E-state index contributed by atoms with van der Waals surface area (Å²) in [5.41, 5.74) is 6.98. The molecule has 16 heavy (non-hydrogen) atoms. The van der Waals surface area contributed by atoms with Crippen molar-refractivity contribution >= 4 is 5.84 Å². The number of benzene rings is 1. The first-order valence-electron chi connectivity index (χ1n) is 5.68. The number of nitrogens with two attached hydrogens (primary N) is 1. The molecule has 0 unspecified atom stereocenters. The Labute approximate surface area is 97.3 Å². The molecule has 0 saturated heterocycles. The normalized spacial score (nSPS) is 11.5. The fourth-order valence-corrected chi connectivity index (χ4v) is 1.46. The van der Waals surface area contributed by atoms with E-state index in [1.165, 1.54) is 5.56 Å². The van der Waals surface area contributed by atoms with Crippen molar-refractivity contribution in [3.8, 4) is 5.75 Å². The molecule has 0 aliphatic carbocycles. The average molecular weight is 220 g/mol. The van der Waals surface area contributed by atoms with Crippen molar-refractivity contribution in [3.63, 3.8) is 0 Å². The number of hydrogen-bond donors (Lipinski definition) is 1. The Morgan fingerprint density at radius 3 is 2.56 bits per heavy atom. The molecule has 0 aromatic heterocycles. The zero-order valence-corrected chi connectivity index (χ0v) is 10.1. The summed E-state index contributed by atoms with van der Waals surface area (Å²) < 4.78 is 5.10. The lowest BCUT2D eigenvalue weighted by Gasteiger charge is -2.02. The van der Waals surface area contributed by atoms with Crippen LogP contribution in [-0.2, 0) is 6.42 Å². The highest BCUT2D eigenvalue weighted by Gasteiger charge is 1.94. The molecule has 0 bridgehead atoms. The molecule has 0 fully saturated rings. The van der Waals surface area contributed by atoms with E-state index in [2.05, 4.69) is 24.0 Å². The summed E-state index contributed by atoms with van der Waals surface area (Å²) in [5.74, 6) is 1.65. The van der Waals surface area contributed by atoms with Gasteiger partial charge in [-0.3, -0.25) is 4.99 Å². The number of rotatable bonds is 6. The largest absolute Gasteiger partial charge is 0.497 e. The van der Waals surface area contributed by atoms with Crippen molar-refractivity contribution in [1.29, 1.82) is 0 Å². The van der Waals surface area contributed by atoms with Gasteiger partial charge in [-0.1, -0.05) is 19.1 Å². The molecule has 0 aliphatic heterocycles. The van der Waals surface area contributed by atoms with Crippen LogP contribution in [-0.4, -0.2) is 19.5 Å². The number of amidine groups is 1. The molecule has 88 valence electrons. The summed E-state index contributed by atoms with van der Waals surface area (Å²) in [6, 6.07) is 8.05. The molecule has 0 radical (unpaired) electrons. The third-order valence-corrected chi connectivity index (χ3v) is 2.38. The van der Waals surface area contributed by atoms with Crippen LogP contribution in [0.25, 0.3) is 0 Å². The van der Waals surface area contributed by atoms with Gasteiger partial charge in [-0.15, -0.1) is 0 Å². The van der Waals surface area contributed by atoms with E-state index in [4.69, 9.17) is 10.5 Å². The van der Waals surface area contributed by atoms with Crippen LogP contribution in [0.5, 0.6) is 5.75 Å². The van der Waals surface area contributed by atoms with E-state index in [1.807, 2.05) is 12.1 Å².